The lowest BCUT2D eigenvalue weighted by molar-refractivity contribution is -0.384. The first-order valence-corrected chi connectivity index (χ1v) is 9.06. The molecule has 1 heterocycles. The highest BCUT2D eigenvalue weighted by molar-refractivity contribution is 5.95. The minimum atomic E-state index is -0.523. The average molecular weight is 377 g/mol. The highest BCUT2D eigenvalue weighted by Crippen LogP contribution is 2.43. The highest BCUT2D eigenvalue weighted by Gasteiger charge is 2.38. The molecule has 1 aromatic heterocycles. The maximum Gasteiger partial charge on any atom is 0.295 e. The molecule has 28 heavy (non-hydrogen) atoms. The monoisotopic (exact) mass is 377 g/mol. The molecular formula is C20H19N5O3. The number of nitrogens with one attached hydrogen (secondary N) is 1. The second-order valence-electron chi connectivity index (χ2n) is 6.98. The quantitative estimate of drug-likeness (QED) is 0.525. The van der Waals surface area contributed by atoms with Crippen LogP contribution in [-0.4, -0.2) is 32.1 Å². The second kappa shape index (κ2) is 7.22. The van der Waals surface area contributed by atoms with Crippen LogP contribution in [0.5, 0.6) is 0 Å². The van der Waals surface area contributed by atoms with Crippen LogP contribution in [0.4, 0.5) is 5.69 Å². The molecule has 142 valence electrons. The largest absolute Gasteiger partial charge is 0.351 e. The van der Waals surface area contributed by atoms with E-state index in [1.165, 1.54) is 35.0 Å². The number of nitro groups is 1. The van der Waals surface area contributed by atoms with Crippen molar-refractivity contribution < 1.29 is 9.72 Å². The number of amides is 1. The van der Waals surface area contributed by atoms with Crippen LogP contribution in [0.1, 0.15) is 35.2 Å². The second-order valence-corrected chi connectivity index (χ2v) is 6.98. The van der Waals surface area contributed by atoms with E-state index in [-0.39, 0.29) is 28.3 Å². The minimum absolute atomic E-state index is 0.0521. The van der Waals surface area contributed by atoms with Gasteiger partial charge in [-0.3, -0.25) is 14.9 Å². The van der Waals surface area contributed by atoms with Crippen molar-refractivity contribution >= 4 is 11.6 Å². The van der Waals surface area contributed by atoms with E-state index in [2.05, 4.69) is 27.5 Å². The summed E-state index contributed by atoms with van der Waals surface area (Å²) in [5.74, 6) is -0.324. The molecule has 8 heteroatoms. The molecule has 8 nitrogen and oxygen atoms in total. The number of benzene rings is 2. The summed E-state index contributed by atoms with van der Waals surface area (Å²) in [6, 6.07) is 14.5. The Morgan fingerprint density at radius 3 is 2.61 bits per heavy atom. The summed E-state index contributed by atoms with van der Waals surface area (Å²) in [6.07, 6.45) is 5.84. The minimum Gasteiger partial charge on any atom is -0.351 e. The number of nitro benzene ring substituents is 1. The van der Waals surface area contributed by atoms with Gasteiger partial charge in [0.05, 0.1) is 4.92 Å². The van der Waals surface area contributed by atoms with Crippen molar-refractivity contribution in [3.63, 3.8) is 0 Å². The van der Waals surface area contributed by atoms with Crippen LogP contribution >= 0.6 is 0 Å². The van der Waals surface area contributed by atoms with Crippen molar-refractivity contribution in [1.29, 1.82) is 0 Å². The van der Waals surface area contributed by atoms with Crippen molar-refractivity contribution in [2.45, 2.75) is 24.7 Å². The molecule has 1 aliphatic rings. The maximum atomic E-state index is 12.7. The van der Waals surface area contributed by atoms with Crippen LogP contribution in [0.2, 0.25) is 0 Å². The zero-order valence-corrected chi connectivity index (χ0v) is 15.1. The number of rotatable bonds is 6. The Balaban J connectivity index is 1.54. The third-order valence-corrected chi connectivity index (χ3v) is 5.38. The third-order valence-electron chi connectivity index (χ3n) is 5.38. The summed E-state index contributed by atoms with van der Waals surface area (Å²) in [6.45, 7) is 0.508. The summed E-state index contributed by atoms with van der Waals surface area (Å²) in [7, 11) is 0. The van der Waals surface area contributed by atoms with Gasteiger partial charge in [-0.05, 0) is 30.5 Å². The highest BCUT2D eigenvalue weighted by atomic mass is 16.6. The Hall–Kier alpha value is -3.55. The molecular weight excluding hydrogens is 358 g/mol. The van der Waals surface area contributed by atoms with Gasteiger partial charge in [-0.2, -0.15) is 5.10 Å². The number of aromatic nitrogens is 3. The van der Waals surface area contributed by atoms with E-state index in [0.29, 0.717) is 6.54 Å². The van der Waals surface area contributed by atoms with Gasteiger partial charge < -0.3 is 5.32 Å². The summed E-state index contributed by atoms with van der Waals surface area (Å²) >= 11 is 0. The zero-order chi connectivity index (χ0) is 19.6. The molecule has 3 aromatic rings. The molecule has 0 atom stereocenters. The van der Waals surface area contributed by atoms with E-state index in [0.717, 1.165) is 19.3 Å². The summed E-state index contributed by atoms with van der Waals surface area (Å²) < 4.78 is 1.30. The fraction of sp³-hybridized carbons (Fsp3) is 0.250. The maximum absolute atomic E-state index is 12.7. The normalized spacial score (nSPS) is 14.9. The van der Waals surface area contributed by atoms with Crippen LogP contribution in [0, 0.1) is 10.1 Å². The van der Waals surface area contributed by atoms with Crippen molar-refractivity contribution in [2.75, 3.05) is 6.54 Å². The lowest BCUT2D eigenvalue weighted by Gasteiger charge is -2.42. The smallest absolute Gasteiger partial charge is 0.295 e. The number of nitrogens with zero attached hydrogens (tertiary/aromatic N) is 4. The molecule has 0 radical (unpaired) electrons. The number of carbonyl (C=O) groups excluding carboxylic acids is 1. The molecule has 4 rings (SSSR count). The van der Waals surface area contributed by atoms with E-state index in [1.54, 1.807) is 6.07 Å². The van der Waals surface area contributed by atoms with E-state index >= 15 is 0 Å². The van der Waals surface area contributed by atoms with Gasteiger partial charge >= 0.3 is 0 Å². The Morgan fingerprint density at radius 2 is 2.00 bits per heavy atom. The number of hydrogen-bond acceptors (Lipinski definition) is 5. The molecule has 1 aliphatic carbocycles. The molecule has 1 N–H and O–H groups in total. The van der Waals surface area contributed by atoms with Crippen LogP contribution < -0.4 is 5.32 Å². The Bertz CT molecular complexity index is 998. The first-order valence-electron chi connectivity index (χ1n) is 9.06. The first kappa shape index (κ1) is 17.8. The molecule has 0 spiro atoms. The Kier molecular flexibility index (Phi) is 4.60. The molecule has 1 fully saturated rings. The van der Waals surface area contributed by atoms with E-state index in [9.17, 15) is 14.9 Å². The lowest BCUT2D eigenvalue weighted by atomic mass is 9.64. The third kappa shape index (κ3) is 3.24. The molecule has 0 saturated heterocycles. The Morgan fingerprint density at radius 1 is 1.21 bits per heavy atom. The number of hydrogen-bond donors (Lipinski definition) is 1. The average Bonchev–Trinajstić information content (AvgIpc) is 3.22. The molecule has 1 amide bonds. The SMILES string of the molecule is O=C(NCC1(c2ccccc2)CCC1)c1ccc(-n2cncn2)c([N+](=O)[O-])c1. The molecule has 0 bridgehead atoms. The molecule has 0 aliphatic heterocycles. The van der Waals surface area contributed by atoms with Gasteiger partial charge in [-0.25, -0.2) is 9.67 Å². The van der Waals surface area contributed by atoms with Crippen LogP contribution in [-0.2, 0) is 5.41 Å². The topological polar surface area (TPSA) is 103 Å². The lowest BCUT2D eigenvalue weighted by Crippen LogP contribution is -2.45. The molecule has 2 aromatic carbocycles. The summed E-state index contributed by atoms with van der Waals surface area (Å²) in [5, 5.41) is 18.4. The van der Waals surface area contributed by atoms with Gasteiger partial charge in [0.25, 0.3) is 11.6 Å². The fourth-order valence-corrected chi connectivity index (χ4v) is 3.65. The standard InChI is InChI=1S/C20H19N5O3/c26-19(22-12-20(9-4-10-20)16-5-2-1-3-6-16)15-7-8-17(18(11-15)25(27)28)24-14-21-13-23-24/h1-3,5-8,11,13-14H,4,9-10,12H2,(H,22,26). The van der Waals surface area contributed by atoms with Gasteiger partial charge in [0.2, 0.25) is 0 Å². The van der Waals surface area contributed by atoms with Crippen molar-refractivity contribution in [1.82, 2.24) is 20.1 Å². The van der Waals surface area contributed by atoms with Gasteiger partial charge in [0.15, 0.2) is 0 Å². The van der Waals surface area contributed by atoms with Crippen LogP contribution in [0.25, 0.3) is 5.69 Å². The fourth-order valence-electron chi connectivity index (χ4n) is 3.65. The van der Waals surface area contributed by atoms with E-state index in [1.807, 2.05) is 18.2 Å². The summed E-state index contributed by atoms with van der Waals surface area (Å²) in [4.78, 5) is 27.4. The van der Waals surface area contributed by atoms with Crippen LogP contribution in [0.15, 0.2) is 61.2 Å². The van der Waals surface area contributed by atoms with Gasteiger partial charge in [0.1, 0.15) is 18.3 Å². The van der Waals surface area contributed by atoms with E-state index in [4.69, 9.17) is 0 Å². The zero-order valence-electron chi connectivity index (χ0n) is 15.1. The van der Waals surface area contributed by atoms with Gasteiger partial charge in [0, 0.05) is 23.6 Å². The van der Waals surface area contributed by atoms with E-state index < -0.39 is 4.92 Å². The van der Waals surface area contributed by atoms with Crippen molar-refractivity contribution in [2.24, 2.45) is 0 Å². The van der Waals surface area contributed by atoms with Gasteiger partial charge in [-0.15, -0.1) is 0 Å². The predicted molar refractivity (Wildman–Crippen MR) is 102 cm³/mol. The van der Waals surface area contributed by atoms with Gasteiger partial charge in [-0.1, -0.05) is 36.8 Å². The predicted octanol–water partition coefficient (Wildman–Crippen LogP) is 3.03. The number of carbonyl (C=O) groups is 1. The molecule has 1 saturated carbocycles. The molecule has 0 unspecified atom stereocenters. The van der Waals surface area contributed by atoms with Crippen LogP contribution in [0.3, 0.4) is 0 Å². The summed E-state index contributed by atoms with van der Waals surface area (Å²) in [5.41, 5.74) is 1.48. The van der Waals surface area contributed by atoms with Crippen molar-refractivity contribution in [3.05, 3.63) is 82.4 Å². The van der Waals surface area contributed by atoms with Crippen molar-refractivity contribution in [3.8, 4) is 5.69 Å². The first-order chi connectivity index (χ1) is 13.6. The Labute approximate surface area is 161 Å².